The summed E-state index contributed by atoms with van der Waals surface area (Å²) < 4.78 is 19.2. The molecule has 106 valence electrons. The topological polar surface area (TPSA) is 70.3 Å². The van der Waals surface area contributed by atoms with E-state index in [-0.39, 0.29) is 17.7 Å². The first-order valence-electron chi connectivity index (χ1n) is 6.16. The number of halogens is 1. The second-order valence-corrected chi connectivity index (χ2v) is 4.49. The van der Waals surface area contributed by atoms with Crippen LogP contribution in [0.4, 0.5) is 4.39 Å². The number of nitriles is 1. The molecule has 0 radical (unpaired) electrons. The molecule has 0 unspecified atom stereocenters. The van der Waals surface area contributed by atoms with Gasteiger partial charge in [-0.3, -0.25) is 0 Å². The molecular formula is C16H12FNO3. The quantitative estimate of drug-likeness (QED) is 0.935. The molecule has 2 rings (SSSR count). The zero-order valence-corrected chi connectivity index (χ0v) is 11.3. The molecule has 0 atom stereocenters. The lowest BCUT2D eigenvalue weighted by atomic mass is 10.1. The smallest absolute Gasteiger partial charge is 0.335 e. The zero-order valence-electron chi connectivity index (χ0n) is 11.3. The molecule has 2 aromatic rings. The number of carbonyl (C=O) groups is 1. The van der Waals surface area contributed by atoms with Crippen molar-refractivity contribution < 1.29 is 19.0 Å². The Morgan fingerprint density at radius 1 is 1.33 bits per heavy atom. The number of carboxylic acid groups (broad SMARTS) is 1. The van der Waals surface area contributed by atoms with E-state index < -0.39 is 11.8 Å². The lowest BCUT2D eigenvalue weighted by molar-refractivity contribution is 0.0696. The summed E-state index contributed by atoms with van der Waals surface area (Å²) in [6, 6.07) is 10.5. The van der Waals surface area contributed by atoms with Gasteiger partial charge in [-0.2, -0.15) is 5.26 Å². The van der Waals surface area contributed by atoms with E-state index in [1.54, 1.807) is 13.0 Å². The van der Waals surface area contributed by atoms with Gasteiger partial charge in [0.2, 0.25) is 0 Å². The summed E-state index contributed by atoms with van der Waals surface area (Å²) in [6.07, 6.45) is 0. The van der Waals surface area contributed by atoms with Gasteiger partial charge in [-0.1, -0.05) is 12.1 Å². The standard InChI is InChI=1S/C16H12FNO3/c1-10-2-4-12(16(19)20)7-15(10)21-9-13-5-3-11(8-18)6-14(13)17/h2-7H,9H2,1H3,(H,19,20). The van der Waals surface area contributed by atoms with Gasteiger partial charge in [0.05, 0.1) is 17.2 Å². The van der Waals surface area contributed by atoms with Crippen molar-refractivity contribution in [3.05, 3.63) is 64.5 Å². The summed E-state index contributed by atoms with van der Waals surface area (Å²) in [5.74, 6) is -1.19. The van der Waals surface area contributed by atoms with E-state index in [1.807, 2.05) is 6.07 Å². The highest BCUT2D eigenvalue weighted by molar-refractivity contribution is 5.88. The monoisotopic (exact) mass is 285 g/mol. The third-order valence-electron chi connectivity index (χ3n) is 3.00. The molecule has 2 aromatic carbocycles. The summed E-state index contributed by atoms with van der Waals surface area (Å²) in [4.78, 5) is 10.9. The molecule has 0 amide bonds. The molecule has 0 heterocycles. The highest BCUT2D eigenvalue weighted by Gasteiger charge is 2.09. The van der Waals surface area contributed by atoms with Crippen LogP contribution in [0.2, 0.25) is 0 Å². The summed E-state index contributed by atoms with van der Waals surface area (Å²) in [5, 5.41) is 17.6. The molecule has 0 aliphatic heterocycles. The maximum Gasteiger partial charge on any atom is 0.335 e. The van der Waals surface area contributed by atoms with Gasteiger partial charge in [0.1, 0.15) is 18.2 Å². The Hall–Kier alpha value is -2.87. The van der Waals surface area contributed by atoms with Crippen LogP contribution in [-0.4, -0.2) is 11.1 Å². The first-order valence-corrected chi connectivity index (χ1v) is 6.16. The van der Waals surface area contributed by atoms with Crippen molar-refractivity contribution in [2.75, 3.05) is 0 Å². The number of benzene rings is 2. The van der Waals surface area contributed by atoms with Crippen LogP contribution in [0.15, 0.2) is 36.4 Å². The average Bonchev–Trinajstić information content (AvgIpc) is 2.47. The zero-order chi connectivity index (χ0) is 15.4. The van der Waals surface area contributed by atoms with Crippen molar-refractivity contribution in [1.82, 2.24) is 0 Å². The Labute approximate surface area is 121 Å². The number of carboxylic acids is 1. The van der Waals surface area contributed by atoms with Gasteiger partial charge in [-0.05, 0) is 36.8 Å². The minimum absolute atomic E-state index is 0.0402. The molecule has 0 spiro atoms. The summed E-state index contributed by atoms with van der Waals surface area (Å²) in [6.45, 7) is 1.73. The van der Waals surface area contributed by atoms with Crippen molar-refractivity contribution in [2.45, 2.75) is 13.5 Å². The van der Waals surface area contributed by atoms with Gasteiger partial charge >= 0.3 is 5.97 Å². The van der Waals surface area contributed by atoms with Crippen molar-refractivity contribution in [1.29, 1.82) is 5.26 Å². The molecule has 0 fully saturated rings. The van der Waals surface area contributed by atoms with Gasteiger partial charge in [0, 0.05) is 5.56 Å². The van der Waals surface area contributed by atoms with Gasteiger partial charge in [-0.25, -0.2) is 9.18 Å². The van der Waals surface area contributed by atoms with Crippen molar-refractivity contribution in [2.24, 2.45) is 0 Å². The van der Waals surface area contributed by atoms with Crippen LogP contribution in [0.5, 0.6) is 5.75 Å². The second-order valence-electron chi connectivity index (χ2n) is 4.49. The third-order valence-corrected chi connectivity index (χ3v) is 3.00. The number of nitrogens with zero attached hydrogens (tertiary/aromatic N) is 1. The van der Waals surface area contributed by atoms with Crippen LogP contribution in [-0.2, 0) is 6.61 Å². The lowest BCUT2D eigenvalue weighted by Gasteiger charge is -2.10. The fourth-order valence-corrected chi connectivity index (χ4v) is 1.78. The Bertz CT molecular complexity index is 735. The van der Waals surface area contributed by atoms with E-state index in [0.717, 1.165) is 11.6 Å². The second kappa shape index (κ2) is 6.06. The van der Waals surface area contributed by atoms with Crippen molar-refractivity contribution >= 4 is 5.97 Å². The number of hydrogen-bond acceptors (Lipinski definition) is 3. The molecule has 0 bridgehead atoms. The number of ether oxygens (including phenoxy) is 1. The SMILES string of the molecule is Cc1ccc(C(=O)O)cc1OCc1ccc(C#N)cc1F. The predicted octanol–water partition coefficient (Wildman–Crippen LogP) is 3.28. The number of aromatic carboxylic acids is 1. The molecule has 0 aliphatic carbocycles. The van der Waals surface area contributed by atoms with Gasteiger partial charge in [0.25, 0.3) is 0 Å². The van der Waals surface area contributed by atoms with E-state index in [9.17, 15) is 9.18 Å². The normalized spacial score (nSPS) is 9.95. The van der Waals surface area contributed by atoms with Crippen LogP contribution >= 0.6 is 0 Å². The van der Waals surface area contributed by atoms with E-state index in [4.69, 9.17) is 15.1 Å². The number of aryl methyl sites for hydroxylation is 1. The largest absolute Gasteiger partial charge is 0.488 e. The Kier molecular flexibility index (Phi) is 4.19. The van der Waals surface area contributed by atoms with Crippen LogP contribution in [0.1, 0.15) is 27.0 Å². The van der Waals surface area contributed by atoms with Crippen molar-refractivity contribution in [3.63, 3.8) is 0 Å². The Balaban J connectivity index is 2.18. The van der Waals surface area contributed by atoms with Crippen molar-refractivity contribution in [3.8, 4) is 11.8 Å². The van der Waals surface area contributed by atoms with Gasteiger partial charge in [0.15, 0.2) is 0 Å². The Morgan fingerprint density at radius 3 is 2.71 bits per heavy atom. The van der Waals surface area contributed by atoms with Crippen LogP contribution in [0.25, 0.3) is 0 Å². The summed E-state index contributed by atoms with van der Waals surface area (Å²) >= 11 is 0. The first-order chi connectivity index (χ1) is 10.0. The van der Waals surface area contributed by atoms with Gasteiger partial charge in [-0.15, -0.1) is 0 Å². The minimum atomic E-state index is -1.05. The summed E-state index contributed by atoms with van der Waals surface area (Å²) in [5.41, 5.74) is 1.40. The first kappa shape index (κ1) is 14.5. The molecule has 0 saturated heterocycles. The number of hydrogen-bond donors (Lipinski definition) is 1. The van der Waals surface area contributed by atoms with Crippen LogP contribution in [0.3, 0.4) is 0 Å². The molecule has 0 saturated carbocycles. The van der Waals surface area contributed by atoms with E-state index in [0.29, 0.717) is 11.3 Å². The lowest BCUT2D eigenvalue weighted by Crippen LogP contribution is -2.02. The van der Waals surface area contributed by atoms with E-state index >= 15 is 0 Å². The Morgan fingerprint density at radius 2 is 2.10 bits per heavy atom. The minimum Gasteiger partial charge on any atom is -0.488 e. The average molecular weight is 285 g/mol. The highest BCUT2D eigenvalue weighted by atomic mass is 19.1. The number of rotatable bonds is 4. The van der Waals surface area contributed by atoms with Crippen LogP contribution in [0, 0.1) is 24.1 Å². The molecule has 1 N–H and O–H groups in total. The molecule has 4 nitrogen and oxygen atoms in total. The van der Waals surface area contributed by atoms with Crippen LogP contribution < -0.4 is 4.74 Å². The van der Waals surface area contributed by atoms with E-state index in [2.05, 4.69) is 0 Å². The highest BCUT2D eigenvalue weighted by Crippen LogP contribution is 2.21. The molecule has 5 heteroatoms. The molecule has 21 heavy (non-hydrogen) atoms. The van der Waals surface area contributed by atoms with E-state index in [1.165, 1.54) is 24.3 Å². The molecule has 0 aromatic heterocycles. The maximum absolute atomic E-state index is 13.7. The fourth-order valence-electron chi connectivity index (χ4n) is 1.78. The summed E-state index contributed by atoms with van der Waals surface area (Å²) in [7, 11) is 0. The molecule has 0 aliphatic rings. The predicted molar refractivity (Wildman–Crippen MR) is 73.6 cm³/mol. The fraction of sp³-hybridized carbons (Fsp3) is 0.125. The molecular weight excluding hydrogens is 273 g/mol. The van der Waals surface area contributed by atoms with Gasteiger partial charge < -0.3 is 9.84 Å². The maximum atomic E-state index is 13.7. The third kappa shape index (κ3) is 3.37.